The van der Waals surface area contributed by atoms with Gasteiger partial charge in [0.05, 0.1) is 6.16 Å². The molecule has 0 radical (unpaired) electrons. The van der Waals surface area contributed by atoms with E-state index in [4.69, 9.17) is 4.74 Å². The van der Waals surface area contributed by atoms with Gasteiger partial charge < -0.3 is 10.1 Å². The van der Waals surface area contributed by atoms with E-state index < -0.39 is 7.26 Å². The second kappa shape index (κ2) is 21.0. The molecule has 0 saturated heterocycles. The van der Waals surface area contributed by atoms with Crippen molar-refractivity contribution in [2.75, 3.05) is 26.4 Å². The third kappa shape index (κ3) is 10.4. The van der Waals surface area contributed by atoms with Crippen molar-refractivity contribution in [1.82, 2.24) is 5.32 Å². The van der Waals surface area contributed by atoms with Crippen molar-refractivity contribution in [3.8, 4) is 5.75 Å². The number of unbranched alkanes of at least 4 members (excludes halogenated alkanes) is 6. The first kappa shape index (κ1) is 38.7. The molecule has 0 spiro atoms. The maximum Gasteiger partial charge on any atom is 0.119 e. The van der Waals surface area contributed by atoms with Gasteiger partial charge in [-0.3, -0.25) is 0 Å². The minimum absolute atomic E-state index is 0.647. The molecule has 0 fully saturated rings. The lowest BCUT2D eigenvalue weighted by Gasteiger charge is -2.27. The fourth-order valence-electron chi connectivity index (χ4n) is 7.41. The van der Waals surface area contributed by atoms with Gasteiger partial charge in [0, 0.05) is 6.54 Å². The van der Waals surface area contributed by atoms with Crippen molar-refractivity contribution in [3.63, 3.8) is 0 Å². The van der Waals surface area contributed by atoms with Gasteiger partial charge in [0.2, 0.25) is 0 Å². The maximum absolute atomic E-state index is 5.94. The Bertz CT molecular complexity index is 1890. The monoisotopic (exact) mass is 728 g/mol. The van der Waals surface area contributed by atoms with Gasteiger partial charge in [0.1, 0.15) is 35.5 Å². The smallest absolute Gasteiger partial charge is 0.119 e. The Labute approximate surface area is 325 Å². The number of likely N-dealkylation sites (N-methyl/N-ethyl adjacent to an activating group) is 1. The van der Waals surface area contributed by atoms with Crippen molar-refractivity contribution in [3.05, 3.63) is 205 Å². The lowest BCUT2D eigenvalue weighted by molar-refractivity contribution is 0.318. The summed E-state index contributed by atoms with van der Waals surface area (Å²) in [6.45, 7) is 1.47. The quantitative estimate of drug-likeness (QED) is 0.0366. The molecule has 0 saturated carbocycles. The van der Waals surface area contributed by atoms with E-state index in [9.17, 15) is 0 Å². The zero-order valence-corrected chi connectivity index (χ0v) is 32.7. The molecule has 6 rings (SSSR count). The van der Waals surface area contributed by atoms with E-state index in [1.54, 1.807) is 0 Å². The predicted octanol–water partition coefficient (Wildman–Crippen LogP) is 11.5. The van der Waals surface area contributed by atoms with E-state index in [0.717, 1.165) is 18.7 Å². The first-order valence-electron chi connectivity index (χ1n) is 19.7. The summed E-state index contributed by atoms with van der Waals surface area (Å²) in [4.78, 5) is 0. The second-order valence-corrected chi connectivity index (χ2v) is 17.5. The van der Waals surface area contributed by atoms with Crippen LogP contribution in [-0.2, 0) is 0 Å². The zero-order chi connectivity index (χ0) is 37.1. The first-order chi connectivity index (χ1) is 26.8. The molecule has 3 heteroatoms. The highest BCUT2D eigenvalue weighted by Crippen LogP contribution is 2.56. The molecule has 274 valence electrons. The topological polar surface area (TPSA) is 21.3 Å². The van der Waals surface area contributed by atoms with Crippen LogP contribution in [0.15, 0.2) is 188 Å². The molecule has 0 unspecified atom stereocenters. The van der Waals surface area contributed by atoms with Gasteiger partial charge in [-0.05, 0) is 109 Å². The molecule has 0 aliphatic carbocycles. The summed E-state index contributed by atoms with van der Waals surface area (Å²) in [6, 6.07) is 64.1. The number of rotatable bonds is 20. The van der Waals surface area contributed by atoms with Crippen LogP contribution in [0.4, 0.5) is 0 Å². The number of benzene rings is 6. The summed E-state index contributed by atoms with van der Waals surface area (Å²) in [5, 5.41) is 7.60. The number of hydrogen-bond donors (Lipinski definition) is 1. The molecule has 2 nitrogen and oxygen atoms in total. The molecule has 0 bridgehead atoms. The van der Waals surface area contributed by atoms with Crippen molar-refractivity contribution < 1.29 is 4.74 Å². The molecule has 6 aromatic rings. The summed E-state index contributed by atoms with van der Waals surface area (Å²) in [5.41, 5.74) is 6.10. The van der Waals surface area contributed by atoms with E-state index >= 15 is 0 Å². The van der Waals surface area contributed by atoms with Gasteiger partial charge in [-0.1, -0.05) is 159 Å². The highest BCUT2D eigenvalue weighted by molar-refractivity contribution is 7.95. The average molecular weight is 729 g/mol. The Balaban J connectivity index is 1.10. The molecule has 0 amide bonds. The van der Waals surface area contributed by atoms with Crippen LogP contribution in [0.3, 0.4) is 0 Å². The summed E-state index contributed by atoms with van der Waals surface area (Å²) < 4.78 is 5.94. The lowest BCUT2D eigenvalue weighted by Crippen LogP contribution is -2.33. The van der Waals surface area contributed by atoms with Gasteiger partial charge in [-0.15, -0.1) is 0 Å². The van der Waals surface area contributed by atoms with E-state index in [1.165, 1.54) is 88.4 Å². The van der Waals surface area contributed by atoms with E-state index in [-0.39, 0.29) is 0 Å². The zero-order valence-electron chi connectivity index (χ0n) is 31.8. The van der Waals surface area contributed by atoms with Crippen molar-refractivity contribution in [2.45, 2.75) is 44.9 Å². The highest BCUT2D eigenvalue weighted by Gasteiger charge is 2.44. The van der Waals surface area contributed by atoms with E-state index in [1.807, 2.05) is 7.05 Å². The van der Waals surface area contributed by atoms with Gasteiger partial charge in [0.25, 0.3) is 0 Å². The van der Waals surface area contributed by atoms with Crippen LogP contribution in [0.2, 0.25) is 0 Å². The molecule has 0 aliphatic rings. The van der Waals surface area contributed by atoms with E-state index in [2.05, 4.69) is 193 Å². The van der Waals surface area contributed by atoms with Crippen molar-refractivity contribution in [2.24, 2.45) is 0 Å². The average Bonchev–Trinajstić information content (AvgIpc) is 3.24. The molecule has 0 heterocycles. The largest absolute Gasteiger partial charge is 0.492 e. The Hall–Kier alpha value is -5.01. The van der Waals surface area contributed by atoms with E-state index in [0.29, 0.717) is 6.61 Å². The van der Waals surface area contributed by atoms with Crippen molar-refractivity contribution in [1.29, 1.82) is 0 Å². The van der Waals surface area contributed by atoms with Crippen LogP contribution >= 0.6 is 7.26 Å². The summed E-state index contributed by atoms with van der Waals surface area (Å²) >= 11 is 0. The number of nitrogens with one attached hydrogen (secondary N) is 1. The Morgan fingerprint density at radius 2 is 0.944 bits per heavy atom. The predicted molar refractivity (Wildman–Crippen MR) is 236 cm³/mol. The Morgan fingerprint density at radius 3 is 1.46 bits per heavy atom. The van der Waals surface area contributed by atoms with Gasteiger partial charge in [0.15, 0.2) is 0 Å². The number of hydrogen-bond acceptors (Lipinski definition) is 2. The second-order valence-electron chi connectivity index (χ2n) is 13.8. The van der Waals surface area contributed by atoms with Crippen LogP contribution in [0.1, 0.15) is 61.6 Å². The Morgan fingerprint density at radius 1 is 0.500 bits per heavy atom. The first-order valence-corrected chi connectivity index (χ1v) is 21.7. The van der Waals surface area contributed by atoms with Crippen LogP contribution in [0, 0.1) is 0 Å². The van der Waals surface area contributed by atoms with Crippen LogP contribution < -0.4 is 26.0 Å². The molecule has 1 N–H and O–H groups in total. The lowest BCUT2D eigenvalue weighted by atomic mass is 9.89. The summed E-state index contributed by atoms with van der Waals surface area (Å²) in [5.74, 6) is 0.891. The van der Waals surface area contributed by atoms with Crippen molar-refractivity contribution >= 4 is 34.3 Å². The fourth-order valence-corrected chi connectivity index (χ4v) is 11.8. The SMILES string of the molecule is CNCCOc1ccc(/C(=C(/C=C/CCCCCCCC[P+](c2ccccc2)(c2ccccc2)c2ccccc2)c2ccccc2)c2ccccc2)cc1. The molecule has 0 atom stereocenters. The standard InChI is InChI=1S/C51H55NOP/c1-52-40-41-53-46-38-36-45(37-39-46)51(44-27-15-9-16-28-44)50(43-25-13-8-14-26-43)35-23-6-4-2-3-5-7-24-42-54(47-29-17-10-18-30-47,48-31-19-11-20-32-48)49-33-21-12-22-34-49/h8-23,25-39,52H,2-7,24,40-42H2,1H3/q+1/b35-23+,51-50-. The van der Waals surface area contributed by atoms with Crippen LogP contribution in [0.25, 0.3) is 11.1 Å². The maximum atomic E-state index is 5.94. The third-order valence-electron chi connectivity index (χ3n) is 10.2. The number of allylic oxidation sites excluding steroid dienone is 3. The summed E-state index contributed by atoms with van der Waals surface area (Å²) in [7, 11) is 0.202. The van der Waals surface area contributed by atoms with Crippen LogP contribution in [-0.4, -0.2) is 26.4 Å². The minimum atomic E-state index is -1.74. The molecule has 0 aromatic heterocycles. The normalized spacial score (nSPS) is 12.1. The molecular formula is C51H55NOP+. The third-order valence-corrected chi connectivity index (χ3v) is 14.7. The number of ether oxygens (including phenoxy) is 1. The van der Waals surface area contributed by atoms with Gasteiger partial charge in [-0.2, -0.15) is 0 Å². The molecule has 0 aliphatic heterocycles. The minimum Gasteiger partial charge on any atom is -0.492 e. The highest BCUT2D eigenvalue weighted by atomic mass is 31.2. The van der Waals surface area contributed by atoms with Gasteiger partial charge >= 0.3 is 0 Å². The molecule has 54 heavy (non-hydrogen) atoms. The fraction of sp³-hybridized carbons (Fsp3) is 0.216. The summed E-state index contributed by atoms with van der Waals surface area (Å²) in [6.07, 6.45) is 14.5. The molecular weight excluding hydrogens is 674 g/mol. The van der Waals surface area contributed by atoms with Gasteiger partial charge in [-0.25, -0.2) is 0 Å². The molecule has 6 aromatic carbocycles. The van der Waals surface area contributed by atoms with Crippen LogP contribution in [0.5, 0.6) is 5.75 Å². The Kier molecular flexibility index (Phi) is 15.1.